The summed E-state index contributed by atoms with van der Waals surface area (Å²) in [4.78, 5) is 4.11. The molecule has 19 heavy (non-hydrogen) atoms. The van der Waals surface area contributed by atoms with Crippen LogP contribution in [0.25, 0.3) is 0 Å². The van der Waals surface area contributed by atoms with Crippen molar-refractivity contribution < 1.29 is 0 Å². The van der Waals surface area contributed by atoms with Crippen molar-refractivity contribution >= 4 is 11.6 Å². The molecule has 2 rings (SSSR count). The van der Waals surface area contributed by atoms with Crippen LogP contribution in [-0.4, -0.2) is 11.5 Å². The smallest absolute Gasteiger partial charge is 0.0637 e. The van der Waals surface area contributed by atoms with Gasteiger partial charge >= 0.3 is 0 Å². The number of nitrogens with one attached hydrogen (secondary N) is 1. The molecular formula is C16H25ClN2. The molecule has 0 spiro atoms. The van der Waals surface area contributed by atoms with Gasteiger partial charge in [-0.1, -0.05) is 44.2 Å². The maximum absolute atomic E-state index is 6.36. The van der Waals surface area contributed by atoms with Crippen LogP contribution in [0, 0.1) is 5.92 Å². The summed E-state index contributed by atoms with van der Waals surface area (Å²) >= 11 is 6.36. The van der Waals surface area contributed by atoms with Gasteiger partial charge in [-0.25, -0.2) is 0 Å². The lowest BCUT2D eigenvalue weighted by Crippen LogP contribution is -2.29. The van der Waals surface area contributed by atoms with Gasteiger partial charge in [-0.05, 0) is 43.4 Å². The third-order valence-corrected chi connectivity index (χ3v) is 4.44. The van der Waals surface area contributed by atoms with Crippen LogP contribution in [0.5, 0.6) is 0 Å². The van der Waals surface area contributed by atoms with E-state index in [9.17, 15) is 0 Å². The van der Waals surface area contributed by atoms with Gasteiger partial charge in [0.25, 0.3) is 0 Å². The van der Waals surface area contributed by atoms with Crippen LogP contribution in [0.3, 0.4) is 0 Å². The minimum Gasteiger partial charge on any atom is -0.310 e. The average molecular weight is 281 g/mol. The summed E-state index contributed by atoms with van der Waals surface area (Å²) < 4.78 is 0. The Labute approximate surface area is 122 Å². The Bertz CT molecular complexity index is 373. The Morgan fingerprint density at radius 1 is 1.32 bits per heavy atom. The molecule has 106 valence electrons. The van der Waals surface area contributed by atoms with E-state index >= 15 is 0 Å². The quantitative estimate of drug-likeness (QED) is 0.788. The van der Waals surface area contributed by atoms with Crippen LogP contribution >= 0.6 is 11.6 Å². The monoisotopic (exact) mass is 280 g/mol. The highest BCUT2D eigenvalue weighted by atomic mass is 35.5. The SMILES string of the molecule is CCCNC(c1ccncc1Cl)C1CCCCCC1. The highest BCUT2D eigenvalue weighted by molar-refractivity contribution is 6.31. The van der Waals surface area contributed by atoms with E-state index in [1.54, 1.807) is 6.20 Å². The van der Waals surface area contributed by atoms with Gasteiger partial charge in [0.1, 0.15) is 0 Å². The van der Waals surface area contributed by atoms with E-state index in [1.165, 1.54) is 44.1 Å². The van der Waals surface area contributed by atoms with Gasteiger partial charge in [0.2, 0.25) is 0 Å². The molecule has 0 saturated heterocycles. The fourth-order valence-corrected chi connectivity index (χ4v) is 3.35. The van der Waals surface area contributed by atoms with Crippen molar-refractivity contribution in [1.82, 2.24) is 10.3 Å². The summed E-state index contributed by atoms with van der Waals surface area (Å²) in [6.45, 7) is 3.27. The zero-order chi connectivity index (χ0) is 13.5. The minimum atomic E-state index is 0.397. The maximum Gasteiger partial charge on any atom is 0.0637 e. The Kier molecular flexibility index (Phi) is 6.12. The molecule has 1 saturated carbocycles. The van der Waals surface area contributed by atoms with E-state index in [0.29, 0.717) is 12.0 Å². The summed E-state index contributed by atoms with van der Waals surface area (Å²) in [5.74, 6) is 0.717. The number of hydrogen-bond acceptors (Lipinski definition) is 2. The molecule has 1 unspecified atom stereocenters. The third kappa shape index (κ3) is 4.19. The first-order valence-corrected chi connectivity index (χ1v) is 8.03. The van der Waals surface area contributed by atoms with Gasteiger partial charge in [0, 0.05) is 18.4 Å². The van der Waals surface area contributed by atoms with E-state index < -0.39 is 0 Å². The molecular weight excluding hydrogens is 256 g/mol. The van der Waals surface area contributed by atoms with Gasteiger partial charge in [-0.2, -0.15) is 0 Å². The molecule has 2 nitrogen and oxygen atoms in total. The van der Waals surface area contributed by atoms with Crippen LogP contribution in [0.1, 0.15) is 63.5 Å². The molecule has 1 atom stereocenters. The molecule has 1 aliphatic carbocycles. The molecule has 3 heteroatoms. The molecule has 0 aliphatic heterocycles. The van der Waals surface area contributed by atoms with Crippen LogP contribution in [0.15, 0.2) is 18.5 Å². The van der Waals surface area contributed by atoms with E-state index in [2.05, 4.69) is 23.3 Å². The summed E-state index contributed by atoms with van der Waals surface area (Å²) in [6.07, 6.45) is 12.9. The Morgan fingerprint density at radius 2 is 2.05 bits per heavy atom. The first-order chi connectivity index (χ1) is 9.33. The van der Waals surface area contributed by atoms with Crippen molar-refractivity contribution in [2.45, 2.75) is 57.9 Å². The van der Waals surface area contributed by atoms with Crippen LogP contribution in [0.2, 0.25) is 5.02 Å². The first-order valence-electron chi connectivity index (χ1n) is 7.65. The lowest BCUT2D eigenvalue weighted by Gasteiger charge is -2.28. The second-order valence-corrected chi connectivity index (χ2v) is 5.99. The van der Waals surface area contributed by atoms with Crippen molar-refractivity contribution in [2.75, 3.05) is 6.54 Å². The zero-order valence-electron chi connectivity index (χ0n) is 11.9. The normalized spacial score (nSPS) is 19.1. The molecule has 1 aliphatic rings. The van der Waals surface area contributed by atoms with Crippen LogP contribution < -0.4 is 5.32 Å². The average Bonchev–Trinajstić information content (AvgIpc) is 2.70. The third-order valence-electron chi connectivity index (χ3n) is 4.12. The van der Waals surface area contributed by atoms with Crippen molar-refractivity contribution in [3.05, 3.63) is 29.0 Å². The maximum atomic E-state index is 6.36. The number of aromatic nitrogens is 1. The molecule has 1 aromatic heterocycles. The van der Waals surface area contributed by atoms with E-state index in [0.717, 1.165) is 18.0 Å². The number of hydrogen-bond donors (Lipinski definition) is 1. The molecule has 1 aromatic rings. The predicted molar refractivity (Wildman–Crippen MR) is 81.5 cm³/mol. The van der Waals surface area contributed by atoms with Gasteiger partial charge < -0.3 is 5.32 Å². The van der Waals surface area contributed by atoms with Crippen molar-refractivity contribution in [2.24, 2.45) is 5.92 Å². The first kappa shape index (κ1) is 14.8. The van der Waals surface area contributed by atoms with E-state index in [-0.39, 0.29) is 0 Å². The van der Waals surface area contributed by atoms with Crippen molar-refractivity contribution in [1.29, 1.82) is 0 Å². The van der Waals surface area contributed by atoms with E-state index in [4.69, 9.17) is 11.6 Å². The van der Waals surface area contributed by atoms with Crippen molar-refractivity contribution in [3.63, 3.8) is 0 Å². The standard InChI is InChI=1S/C16H25ClN2/c1-2-10-19-16(13-7-5-3-4-6-8-13)14-9-11-18-12-15(14)17/h9,11-13,16,19H,2-8,10H2,1H3. The van der Waals surface area contributed by atoms with Crippen LogP contribution in [0.4, 0.5) is 0 Å². The topological polar surface area (TPSA) is 24.9 Å². The van der Waals surface area contributed by atoms with Gasteiger partial charge in [0.05, 0.1) is 5.02 Å². The fourth-order valence-electron chi connectivity index (χ4n) is 3.11. The Morgan fingerprint density at radius 3 is 2.68 bits per heavy atom. The fraction of sp³-hybridized carbons (Fsp3) is 0.688. The largest absolute Gasteiger partial charge is 0.310 e. The predicted octanol–water partition coefficient (Wildman–Crippen LogP) is 4.75. The lowest BCUT2D eigenvalue weighted by molar-refractivity contribution is 0.325. The summed E-state index contributed by atoms with van der Waals surface area (Å²) in [7, 11) is 0. The summed E-state index contributed by atoms with van der Waals surface area (Å²) in [6, 6.07) is 2.48. The van der Waals surface area contributed by atoms with Crippen molar-refractivity contribution in [3.8, 4) is 0 Å². The highest BCUT2D eigenvalue weighted by Gasteiger charge is 2.25. The molecule has 1 fully saturated rings. The molecule has 0 amide bonds. The Balaban J connectivity index is 2.16. The summed E-state index contributed by atoms with van der Waals surface area (Å²) in [5, 5.41) is 4.52. The number of rotatable bonds is 5. The molecule has 0 radical (unpaired) electrons. The zero-order valence-corrected chi connectivity index (χ0v) is 12.6. The van der Waals surface area contributed by atoms with Gasteiger partial charge in [0.15, 0.2) is 0 Å². The second kappa shape index (κ2) is 7.86. The number of pyridine rings is 1. The van der Waals surface area contributed by atoms with Gasteiger partial charge in [-0.15, -0.1) is 0 Å². The number of halogens is 1. The molecule has 1 N–H and O–H groups in total. The molecule has 0 aromatic carbocycles. The molecule has 1 heterocycles. The second-order valence-electron chi connectivity index (χ2n) is 5.58. The number of nitrogens with zero attached hydrogens (tertiary/aromatic N) is 1. The highest BCUT2D eigenvalue weighted by Crippen LogP contribution is 2.35. The molecule has 0 bridgehead atoms. The van der Waals surface area contributed by atoms with Crippen LogP contribution in [-0.2, 0) is 0 Å². The minimum absolute atomic E-state index is 0.397. The van der Waals surface area contributed by atoms with Gasteiger partial charge in [-0.3, -0.25) is 4.98 Å². The summed E-state index contributed by atoms with van der Waals surface area (Å²) in [5.41, 5.74) is 1.23. The Hall–Kier alpha value is -0.600. The lowest BCUT2D eigenvalue weighted by atomic mass is 9.87. The van der Waals surface area contributed by atoms with E-state index in [1.807, 2.05) is 6.20 Å².